The van der Waals surface area contributed by atoms with E-state index in [9.17, 15) is 9.59 Å². The number of hydroxylamine groups is 2. The number of nitrogens with one attached hydrogen (secondary N) is 1. The summed E-state index contributed by atoms with van der Waals surface area (Å²) >= 11 is 0. The molecule has 1 atom stereocenters. The number of rotatable bonds is 7. The van der Waals surface area contributed by atoms with Crippen molar-refractivity contribution in [3.05, 3.63) is 35.9 Å². The van der Waals surface area contributed by atoms with E-state index in [-0.39, 0.29) is 18.4 Å². The molecule has 0 saturated carbocycles. The molecule has 6 heteroatoms. The summed E-state index contributed by atoms with van der Waals surface area (Å²) in [4.78, 5) is 28.8. The first-order chi connectivity index (χ1) is 11.2. The minimum atomic E-state index is -0.562. The number of ether oxygens (including phenoxy) is 1. The summed E-state index contributed by atoms with van der Waals surface area (Å²) in [7, 11) is 3.01. The van der Waals surface area contributed by atoms with Crippen LogP contribution in [0, 0.1) is 0 Å². The molecule has 0 aliphatic carbocycles. The van der Waals surface area contributed by atoms with Crippen molar-refractivity contribution >= 4 is 12.0 Å². The van der Waals surface area contributed by atoms with Crippen LogP contribution in [0.5, 0.6) is 0 Å². The highest BCUT2D eigenvalue weighted by atomic mass is 16.7. The molecule has 1 rings (SSSR count). The Kier molecular flexibility index (Phi) is 7.71. The van der Waals surface area contributed by atoms with Crippen LogP contribution >= 0.6 is 0 Å². The van der Waals surface area contributed by atoms with E-state index in [0.29, 0.717) is 12.8 Å². The van der Waals surface area contributed by atoms with Crippen LogP contribution in [-0.4, -0.2) is 42.9 Å². The number of benzene rings is 1. The first kappa shape index (κ1) is 20.0. The van der Waals surface area contributed by atoms with Gasteiger partial charge in [-0.05, 0) is 39.2 Å². The Bertz CT molecular complexity index is 526. The minimum absolute atomic E-state index is 0.137. The average molecular weight is 336 g/mol. The summed E-state index contributed by atoms with van der Waals surface area (Å²) in [5.41, 5.74) is 0.527. The van der Waals surface area contributed by atoms with Gasteiger partial charge >= 0.3 is 6.09 Å². The monoisotopic (exact) mass is 336 g/mol. The van der Waals surface area contributed by atoms with E-state index in [1.54, 1.807) is 7.05 Å². The van der Waals surface area contributed by atoms with Crippen molar-refractivity contribution in [2.24, 2.45) is 0 Å². The second-order valence-corrected chi connectivity index (χ2v) is 6.65. The Morgan fingerprint density at radius 2 is 1.83 bits per heavy atom. The van der Waals surface area contributed by atoms with E-state index < -0.39 is 11.7 Å². The zero-order valence-corrected chi connectivity index (χ0v) is 15.2. The number of hydrogen-bond acceptors (Lipinski definition) is 4. The maximum Gasteiger partial charge on any atom is 0.407 e. The van der Waals surface area contributed by atoms with Crippen LogP contribution in [0.15, 0.2) is 30.3 Å². The first-order valence-corrected chi connectivity index (χ1v) is 8.05. The SMILES string of the molecule is CON(C)C(=O)CC[C@H](Cc1ccccc1)NC(=O)OC(C)(C)C. The van der Waals surface area contributed by atoms with Gasteiger partial charge in [-0.2, -0.15) is 0 Å². The van der Waals surface area contributed by atoms with E-state index in [4.69, 9.17) is 9.57 Å². The molecule has 0 heterocycles. The predicted molar refractivity (Wildman–Crippen MR) is 92.3 cm³/mol. The van der Waals surface area contributed by atoms with Crippen LogP contribution in [0.25, 0.3) is 0 Å². The van der Waals surface area contributed by atoms with Gasteiger partial charge in [0.2, 0.25) is 5.91 Å². The Balaban J connectivity index is 2.68. The summed E-state index contributed by atoms with van der Waals surface area (Å²) in [6, 6.07) is 9.63. The van der Waals surface area contributed by atoms with Crippen LogP contribution in [-0.2, 0) is 20.8 Å². The highest BCUT2D eigenvalue weighted by molar-refractivity contribution is 5.75. The second kappa shape index (κ2) is 9.27. The maximum atomic E-state index is 12.0. The summed E-state index contributed by atoms with van der Waals surface area (Å²) < 4.78 is 5.31. The van der Waals surface area contributed by atoms with Crippen LogP contribution in [0.2, 0.25) is 0 Å². The van der Waals surface area contributed by atoms with Gasteiger partial charge in [-0.25, -0.2) is 9.86 Å². The molecule has 0 aromatic heterocycles. The minimum Gasteiger partial charge on any atom is -0.444 e. The van der Waals surface area contributed by atoms with Crippen LogP contribution in [0.3, 0.4) is 0 Å². The number of hydrogen-bond donors (Lipinski definition) is 1. The van der Waals surface area contributed by atoms with Crippen LogP contribution < -0.4 is 5.32 Å². The molecule has 0 aliphatic heterocycles. The molecule has 0 unspecified atom stereocenters. The molecule has 0 saturated heterocycles. The third-order valence-corrected chi connectivity index (χ3v) is 3.38. The average Bonchev–Trinajstić information content (AvgIpc) is 2.50. The fourth-order valence-electron chi connectivity index (χ4n) is 2.16. The third kappa shape index (κ3) is 7.97. The third-order valence-electron chi connectivity index (χ3n) is 3.38. The molecule has 1 N–H and O–H groups in total. The van der Waals surface area contributed by atoms with Crippen LogP contribution in [0.1, 0.15) is 39.2 Å². The molecule has 0 fully saturated rings. The number of carbonyl (C=O) groups excluding carboxylic acids is 2. The normalized spacial score (nSPS) is 12.4. The van der Waals surface area contributed by atoms with Crippen molar-refractivity contribution in [3.8, 4) is 0 Å². The zero-order valence-electron chi connectivity index (χ0n) is 15.2. The van der Waals surface area contributed by atoms with Crippen molar-refractivity contribution < 1.29 is 19.2 Å². The maximum absolute atomic E-state index is 12.0. The fraction of sp³-hybridized carbons (Fsp3) is 0.556. The number of carbonyl (C=O) groups is 2. The van der Waals surface area contributed by atoms with E-state index in [0.717, 1.165) is 5.56 Å². The lowest BCUT2D eigenvalue weighted by Gasteiger charge is -2.24. The summed E-state index contributed by atoms with van der Waals surface area (Å²) in [6.45, 7) is 5.45. The molecular formula is C18H28N2O4. The molecule has 1 aromatic rings. The number of nitrogens with zero attached hydrogens (tertiary/aromatic N) is 1. The topological polar surface area (TPSA) is 67.9 Å². The standard InChI is InChI=1S/C18H28N2O4/c1-18(2,3)24-17(22)19-15(11-12-16(21)20(4)23-5)13-14-9-7-6-8-10-14/h6-10,15H,11-13H2,1-5H3,(H,19,22)/t15-/m1/s1. The van der Waals surface area contributed by atoms with Gasteiger partial charge < -0.3 is 10.1 Å². The zero-order chi connectivity index (χ0) is 18.2. The van der Waals surface area contributed by atoms with Gasteiger partial charge in [-0.1, -0.05) is 30.3 Å². The largest absolute Gasteiger partial charge is 0.444 e. The van der Waals surface area contributed by atoms with Crippen molar-refractivity contribution in [3.63, 3.8) is 0 Å². The second-order valence-electron chi connectivity index (χ2n) is 6.65. The van der Waals surface area contributed by atoms with Gasteiger partial charge in [0.15, 0.2) is 0 Å². The lowest BCUT2D eigenvalue weighted by molar-refractivity contribution is -0.168. The first-order valence-electron chi connectivity index (χ1n) is 8.05. The molecule has 0 aliphatic rings. The highest BCUT2D eigenvalue weighted by Crippen LogP contribution is 2.11. The molecular weight excluding hydrogens is 308 g/mol. The summed E-state index contributed by atoms with van der Waals surface area (Å²) in [5, 5.41) is 4.05. The van der Waals surface area contributed by atoms with Crippen molar-refractivity contribution in [1.82, 2.24) is 10.4 Å². The van der Waals surface area contributed by atoms with Crippen molar-refractivity contribution in [2.75, 3.05) is 14.2 Å². The molecule has 24 heavy (non-hydrogen) atoms. The Morgan fingerprint density at radius 3 is 2.38 bits per heavy atom. The molecule has 0 radical (unpaired) electrons. The highest BCUT2D eigenvalue weighted by Gasteiger charge is 2.21. The Labute approximate surface area is 144 Å². The van der Waals surface area contributed by atoms with Crippen molar-refractivity contribution in [2.45, 2.75) is 51.7 Å². The van der Waals surface area contributed by atoms with Gasteiger partial charge in [0.25, 0.3) is 0 Å². The molecule has 1 aromatic carbocycles. The van der Waals surface area contributed by atoms with Gasteiger partial charge in [0.05, 0.1) is 7.11 Å². The van der Waals surface area contributed by atoms with Crippen LogP contribution in [0.4, 0.5) is 4.79 Å². The van der Waals surface area contributed by atoms with E-state index in [1.165, 1.54) is 12.2 Å². The molecule has 6 nitrogen and oxygen atoms in total. The fourth-order valence-corrected chi connectivity index (χ4v) is 2.16. The van der Waals surface area contributed by atoms with E-state index >= 15 is 0 Å². The lowest BCUT2D eigenvalue weighted by atomic mass is 10.0. The van der Waals surface area contributed by atoms with E-state index in [1.807, 2.05) is 51.1 Å². The molecule has 134 valence electrons. The predicted octanol–water partition coefficient (Wildman–Crippen LogP) is 2.92. The smallest absolute Gasteiger partial charge is 0.407 e. The Morgan fingerprint density at radius 1 is 1.21 bits per heavy atom. The number of alkyl carbamates (subject to hydrolysis) is 1. The lowest BCUT2D eigenvalue weighted by Crippen LogP contribution is -2.41. The van der Waals surface area contributed by atoms with E-state index in [2.05, 4.69) is 5.32 Å². The summed E-state index contributed by atoms with van der Waals surface area (Å²) in [5.74, 6) is -0.137. The molecule has 0 bridgehead atoms. The van der Waals surface area contributed by atoms with Crippen molar-refractivity contribution in [1.29, 1.82) is 0 Å². The quantitative estimate of drug-likeness (QED) is 0.778. The molecule has 2 amide bonds. The van der Waals surface area contributed by atoms with Gasteiger partial charge in [0.1, 0.15) is 5.60 Å². The summed E-state index contributed by atoms with van der Waals surface area (Å²) in [6.07, 6.45) is 0.929. The Hall–Kier alpha value is -2.08. The number of amides is 2. The molecule has 0 spiro atoms. The van der Waals surface area contributed by atoms with Gasteiger partial charge in [0, 0.05) is 19.5 Å². The van der Waals surface area contributed by atoms with Gasteiger partial charge in [-0.3, -0.25) is 9.63 Å². The van der Waals surface area contributed by atoms with Gasteiger partial charge in [-0.15, -0.1) is 0 Å².